The van der Waals surface area contributed by atoms with E-state index in [1.54, 1.807) is 24.3 Å². The first-order valence-corrected chi connectivity index (χ1v) is 12.3. The van der Waals surface area contributed by atoms with Crippen molar-refractivity contribution in [3.8, 4) is 17.0 Å². The molecule has 35 heavy (non-hydrogen) atoms. The third-order valence-corrected chi connectivity index (χ3v) is 5.85. The SMILES string of the molecule is CCc1ccc(-c2ccc(CCCCCCOc3ccc(C(=O)NCCC(=O)O)cc3)cn2)cc1. The fourth-order valence-electron chi connectivity index (χ4n) is 3.72. The summed E-state index contributed by atoms with van der Waals surface area (Å²) in [6.07, 6.45) is 8.30. The molecule has 0 aliphatic rings. The Bertz CT molecular complexity index is 1060. The summed E-state index contributed by atoms with van der Waals surface area (Å²) in [4.78, 5) is 27.1. The van der Waals surface area contributed by atoms with Crippen LogP contribution in [0.2, 0.25) is 0 Å². The van der Waals surface area contributed by atoms with E-state index in [-0.39, 0.29) is 18.9 Å². The van der Waals surface area contributed by atoms with Crippen molar-refractivity contribution in [2.24, 2.45) is 0 Å². The van der Waals surface area contributed by atoms with Crippen LogP contribution in [0.4, 0.5) is 0 Å². The lowest BCUT2D eigenvalue weighted by Crippen LogP contribution is -2.25. The molecular weight excluding hydrogens is 440 g/mol. The van der Waals surface area contributed by atoms with Crippen LogP contribution in [0, 0.1) is 0 Å². The van der Waals surface area contributed by atoms with Crippen molar-refractivity contribution in [3.05, 3.63) is 83.6 Å². The topological polar surface area (TPSA) is 88.5 Å². The maximum Gasteiger partial charge on any atom is 0.305 e. The number of rotatable bonds is 14. The molecule has 2 aromatic carbocycles. The van der Waals surface area contributed by atoms with E-state index in [0.717, 1.165) is 55.5 Å². The smallest absolute Gasteiger partial charge is 0.305 e. The van der Waals surface area contributed by atoms with Gasteiger partial charge in [-0.3, -0.25) is 14.6 Å². The molecule has 2 N–H and O–H groups in total. The number of carboxylic acid groups (broad SMARTS) is 1. The first-order valence-electron chi connectivity index (χ1n) is 12.3. The third kappa shape index (κ3) is 8.89. The lowest BCUT2D eigenvalue weighted by atomic mass is 10.0. The Kier molecular flexibility index (Phi) is 10.3. The first kappa shape index (κ1) is 25.9. The van der Waals surface area contributed by atoms with Gasteiger partial charge in [-0.1, -0.05) is 50.1 Å². The molecule has 0 bridgehead atoms. The van der Waals surface area contributed by atoms with Gasteiger partial charge in [0, 0.05) is 23.9 Å². The molecule has 0 saturated heterocycles. The number of amides is 1. The predicted octanol–water partition coefficient (Wildman–Crippen LogP) is 5.70. The molecule has 1 heterocycles. The Hall–Kier alpha value is -3.67. The summed E-state index contributed by atoms with van der Waals surface area (Å²) >= 11 is 0. The molecule has 0 atom stereocenters. The van der Waals surface area contributed by atoms with Crippen LogP contribution in [-0.4, -0.2) is 35.1 Å². The number of benzene rings is 2. The number of aromatic nitrogens is 1. The van der Waals surface area contributed by atoms with Crippen LogP contribution in [0.1, 0.15) is 60.5 Å². The van der Waals surface area contributed by atoms with Crippen LogP contribution in [0.5, 0.6) is 5.75 Å². The van der Waals surface area contributed by atoms with Crippen molar-refractivity contribution < 1.29 is 19.4 Å². The number of unbranched alkanes of at least 4 members (excludes halogenated alkanes) is 3. The number of aliphatic carboxylic acids is 1. The molecule has 6 heteroatoms. The van der Waals surface area contributed by atoms with Crippen molar-refractivity contribution in [2.75, 3.05) is 13.2 Å². The molecule has 0 spiro atoms. The molecule has 0 radical (unpaired) electrons. The quantitative estimate of drug-likeness (QED) is 0.293. The standard InChI is InChI=1S/C29H34N2O4/c1-2-22-8-11-24(12-9-22)27-17-10-23(21-31-27)7-5-3-4-6-20-35-26-15-13-25(14-16-26)29(34)30-19-18-28(32)33/h8-17,21H,2-7,18-20H2,1H3,(H,30,34)(H,32,33). The molecule has 1 amide bonds. The molecule has 3 aromatic rings. The molecule has 3 rings (SSSR count). The van der Waals surface area contributed by atoms with Gasteiger partial charge < -0.3 is 15.2 Å². The second-order valence-corrected chi connectivity index (χ2v) is 8.54. The van der Waals surface area contributed by atoms with Gasteiger partial charge in [-0.15, -0.1) is 0 Å². The maximum atomic E-state index is 12.0. The Morgan fingerprint density at radius 3 is 2.26 bits per heavy atom. The van der Waals surface area contributed by atoms with Gasteiger partial charge in [0.2, 0.25) is 0 Å². The molecule has 6 nitrogen and oxygen atoms in total. The summed E-state index contributed by atoms with van der Waals surface area (Å²) in [6, 6.07) is 19.8. The van der Waals surface area contributed by atoms with Crippen molar-refractivity contribution in [3.63, 3.8) is 0 Å². The lowest BCUT2D eigenvalue weighted by Gasteiger charge is -2.08. The van der Waals surface area contributed by atoms with Gasteiger partial charge in [-0.2, -0.15) is 0 Å². The summed E-state index contributed by atoms with van der Waals surface area (Å²) in [6.45, 7) is 2.91. The molecular formula is C29H34N2O4. The van der Waals surface area contributed by atoms with Crippen LogP contribution in [0.3, 0.4) is 0 Å². The van der Waals surface area contributed by atoms with Crippen LogP contribution >= 0.6 is 0 Å². The summed E-state index contributed by atoms with van der Waals surface area (Å²) < 4.78 is 5.77. The summed E-state index contributed by atoms with van der Waals surface area (Å²) in [5.41, 5.74) is 5.26. The van der Waals surface area contributed by atoms with Gasteiger partial charge in [-0.25, -0.2) is 0 Å². The normalized spacial score (nSPS) is 10.7. The van der Waals surface area contributed by atoms with Gasteiger partial charge >= 0.3 is 5.97 Å². The second-order valence-electron chi connectivity index (χ2n) is 8.54. The number of carbonyl (C=O) groups is 2. The fourth-order valence-corrected chi connectivity index (χ4v) is 3.72. The van der Waals surface area contributed by atoms with Gasteiger partial charge in [0.25, 0.3) is 5.91 Å². The van der Waals surface area contributed by atoms with E-state index in [4.69, 9.17) is 9.84 Å². The Morgan fingerprint density at radius 2 is 1.60 bits per heavy atom. The highest BCUT2D eigenvalue weighted by atomic mass is 16.5. The van der Waals surface area contributed by atoms with Crippen LogP contribution in [-0.2, 0) is 17.6 Å². The molecule has 1 aromatic heterocycles. The van der Waals surface area contributed by atoms with E-state index in [9.17, 15) is 9.59 Å². The number of ether oxygens (including phenoxy) is 1. The first-order chi connectivity index (χ1) is 17.0. The second kappa shape index (κ2) is 13.9. The van der Waals surface area contributed by atoms with E-state index in [0.29, 0.717) is 12.2 Å². The molecule has 0 aliphatic heterocycles. The van der Waals surface area contributed by atoms with Crippen molar-refractivity contribution >= 4 is 11.9 Å². The molecule has 0 saturated carbocycles. The van der Waals surface area contributed by atoms with Crippen molar-refractivity contribution in [1.29, 1.82) is 0 Å². The zero-order chi connectivity index (χ0) is 24.9. The molecule has 0 unspecified atom stereocenters. The highest BCUT2D eigenvalue weighted by Crippen LogP contribution is 2.19. The van der Waals surface area contributed by atoms with E-state index in [1.165, 1.54) is 11.1 Å². The number of hydrogen-bond acceptors (Lipinski definition) is 4. The number of nitrogens with zero attached hydrogens (tertiary/aromatic N) is 1. The number of pyridine rings is 1. The van der Waals surface area contributed by atoms with Crippen molar-refractivity contribution in [2.45, 2.75) is 51.9 Å². The van der Waals surface area contributed by atoms with Crippen LogP contribution in [0.25, 0.3) is 11.3 Å². The van der Waals surface area contributed by atoms with Crippen LogP contribution < -0.4 is 10.1 Å². The maximum absolute atomic E-state index is 12.0. The number of aryl methyl sites for hydroxylation is 2. The van der Waals surface area contributed by atoms with E-state index < -0.39 is 5.97 Å². The van der Waals surface area contributed by atoms with Gasteiger partial charge in [0.05, 0.1) is 18.7 Å². The largest absolute Gasteiger partial charge is 0.494 e. The number of hydrogen-bond donors (Lipinski definition) is 2. The monoisotopic (exact) mass is 474 g/mol. The van der Waals surface area contributed by atoms with Crippen molar-refractivity contribution in [1.82, 2.24) is 10.3 Å². The summed E-state index contributed by atoms with van der Waals surface area (Å²) in [5.74, 6) is -0.496. The van der Waals surface area contributed by atoms with Gasteiger partial charge in [-0.05, 0) is 67.1 Å². The lowest BCUT2D eigenvalue weighted by molar-refractivity contribution is -0.136. The summed E-state index contributed by atoms with van der Waals surface area (Å²) in [5, 5.41) is 11.2. The molecule has 0 aliphatic carbocycles. The number of carboxylic acids is 1. The number of nitrogens with one attached hydrogen (secondary N) is 1. The predicted molar refractivity (Wildman–Crippen MR) is 138 cm³/mol. The minimum atomic E-state index is -0.936. The Morgan fingerprint density at radius 1 is 0.886 bits per heavy atom. The average Bonchev–Trinajstić information content (AvgIpc) is 2.88. The van der Waals surface area contributed by atoms with Gasteiger partial charge in [0.15, 0.2) is 0 Å². The minimum Gasteiger partial charge on any atom is -0.494 e. The average molecular weight is 475 g/mol. The fraction of sp³-hybridized carbons (Fsp3) is 0.345. The Balaban J connectivity index is 1.28. The molecule has 184 valence electrons. The molecule has 0 fully saturated rings. The minimum absolute atomic E-state index is 0.0931. The Labute approximate surface area is 207 Å². The van der Waals surface area contributed by atoms with E-state index in [2.05, 4.69) is 53.6 Å². The summed E-state index contributed by atoms with van der Waals surface area (Å²) in [7, 11) is 0. The zero-order valence-corrected chi connectivity index (χ0v) is 20.3. The van der Waals surface area contributed by atoms with E-state index in [1.807, 2.05) is 6.20 Å². The van der Waals surface area contributed by atoms with Gasteiger partial charge in [0.1, 0.15) is 5.75 Å². The number of carbonyl (C=O) groups excluding carboxylic acids is 1. The highest BCUT2D eigenvalue weighted by molar-refractivity contribution is 5.94. The van der Waals surface area contributed by atoms with Crippen LogP contribution in [0.15, 0.2) is 66.9 Å². The highest BCUT2D eigenvalue weighted by Gasteiger charge is 2.06. The third-order valence-electron chi connectivity index (χ3n) is 5.85. The zero-order valence-electron chi connectivity index (χ0n) is 20.3. The van der Waals surface area contributed by atoms with E-state index >= 15 is 0 Å².